The molecule has 2 N–H and O–H groups in total. The number of aliphatic hydroxyl groups is 1. The molecule has 3 heteroatoms. The van der Waals surface area contributed by atoms with Gasteiger partial charge in [-0.05, 0) is 38.0 Å². The van der Waals surface area contributed by atoms with Gasteiger partial charge in [-0.15, -0.1) is 0 Å². The van der Waals surface area contributed by atoms with Crippen LogP contribution in [0.4, 0.5) is 5.82 Å². The largest absolute Gasteiger partial charge is 0.384 e. The number of aromatic nitrogens is 1. The molecule has 1 aromatic heterocycles. The number of nitrogens with one attached hydrogen (secondary N) is 1. The lowest BCUT2D eigenvalue weighted by Gasteiger charge is -2.15. The Labute approximate surface area is 114 Å². The molecule has 3 nitrogen and oxygen atoms in total. The molecular formula is C16H20N2O. The van der Waals surface area contributed by atoms with Gasteiger partial charge in [-0.3, -0.25) is 0 Å². The monoisotopic (exact) mass is 256 g/mol. The van der Waals surface area contributed by atoms with Crippen LogP contribution in [0.3, 0.4) is 0 Å². The van der Waals surface area contributed by atoms with Crippen molar-refractivity contribution in [3.05, 3.63) is 59.3 Å². The van der Waals surface area contributed by atoms with Crippen LogP contribution in [0.1, 0.15) is 36.6 Å². The van der Waals surface area contributed by atoms with Gasteiger partial charge in [0.25, 0.3) is 0 Å². The van der Waals surface area contributed by atoms with Crippen LogP contribution in [0, 0.1) is 6.92 Å². The lowest BCUT2D eigenvalue weighted by molar-refractivity contribution is 0.220. The van der Waals surface area contributed by atoms with Crippen molar-refractivity contribution in [2.45, 2.75) is 32.9 Å². The second-order valence-electron chi connectivity index (χ2n) is 5.05. The Morgan fingerprint density at radius 1 is 1.11 bits per heavy atom. The van der Waals surface area contributed by atoms with Crippen LogP contribution in [0.15, 0.2) is 42.6 Å². The van der Waals surface area contributed by atoms with Gasteiger partial charge in [0.2, 0.25) is 0 Å². The zero-order valence-electron chi connectivity index (χ0n) is 11.6. The fourth-order valence-corrected chi connectivity index (χ4v) is 2.00. The van der Waals surface area contributed by atoms with Gasteiger partial charge in [-0.25, -0.2) is 4.98 Å². The molecule has 2 aromatic rings. The molecule has 0 aliphatic heterocycles. The lowest BCUT2D eigenvalue weighted by Crippen LogP contribution is -2.12. The molecular weight excluding hydrogens is 236 g/mol. The fraction of sp³-hybridized carbons (Fsp3) is 0.312. The molecule has 0 saturated heterocycles. The van der Waals surface area contributed by atoms with E-state index in [0.29, 0.717) is 6.04 Å². The van der Waals surface area contributed by atoms with Crippen molar-refractivity contribution >= 4 is 5.82 Å². The van der Waals surface area contributed by atoms with Gasteiger partial charge in [0.1, 0.15) is 11.9 Å². The standard InChI is InChI=1S/C16H20N2O/c1-11(2)18-16-12(3)9-14(10-17-16)15(19)13-7-5-4-6-8-13/h4-11,15,19H,1-3H3,(H,17,18)/t15-/m0/s1. The highest BCUT2D eigenvalue weighted by Crippen LogP contribution is 2.24. The van der Waals surface area contributed by atoms with Crippen LogP contribution in [-0.4, -0.2) is 16.1 Å². The average molecular weight is 256 g/mol. The minimum atomic E-state index is -0.625. The van der Waals surface area contributed by atoms with Crippen LogP contribution in [-0.2, 0) is 0 Å². The van der Waals surface area contributed by atoms with E-state index in [9.17, 15) is 5.11 Å². The topological polar surface area (TPSA) is 45.2 Å². The number of benzene rings is 1. The highest BCUT2D eigenvalue weighted by atomic mass is 16.3. The molecule has 0 bridgehead atoms. The summed E-state index contributed by atoms with van der Waals surface area (Å²) in [7, 11) is 0. The Morgan fingerprint density at radius 3 is 2.37 bits per heavy atom. The number of hydrogen-bond acceptors (Lipinski definition) is 3. The van der Waals surface area contributed by atoms with Gasteiger partial charge in [-0.2, -0.15) is 0 Å². The molecule has 1 aromatic carbocycles. The molecule has 19 heavy (non-hydrogen) atoms. The maximum absolute atomic E-state index is 10.3. The van der Waals surface area contributed by atoms with Crippen LogP contribution in [0.25, 0.3) is 0 Å². The summed E-state index contributed by atoms with van der Waals surface area (Å²) < 4.78 is 0. The smallest absolute Gasteiger partial charge is 0.129 e. The molecule has 2 rings (SSSR count). The number of nitrogens with zero attached hydrogens (tertiary/aromatic N) is 1. The average Bonchev–Trinajstić information content (AvgIpc) is 2.41. The quantitative estimate of drug-likeness (QED) is 0.882. The number of hydrogen-bond donors (Lipinski definition) is 2. The van der Waals surface area contributed by atoms with Crippen LogP contribution >= 0.6 is 0 Å². The number of rotatable bonds is 4. The van der Waals surface area contributed by atoms with E-state index < -0.39 is 6.10 Å². The van der Waals surface area contributed by atoms with E-state index in [1.165, 1.54) is 0 Å². The van der Waals surface area contributed by atoms with Crippen LogP contribution in [0.2, 0.25) is 0 Å². The van der Waals surface area contributed by atoms with E-state index in [4.69, 9.17) is 0 Å². The van der Waals surface area contributed by atoms with Gasteiger partial charge < -0.3 is 10.4 Å². The summed E-state index contributed by atoms with van der Waals surface area (Å²) in [5.41, 5.74) is 2.74. The molecule has 100 valence electrons. The van der Waals surface area contributed by atoms with Crippen molar-refractivity contribution < 1.29 is 5.11 Å². The minimum absolute atomic E-state index is 0.344. The van der Waals surface area contributed by atoms with Crippen molar-refractivity contribution in [2.75, 3.05) is 5.32 Å². The van der Waals surface area contributed by atoms with Crippen molar-refractivity contribution in [1.29, 1.82) is 0 Å². The number of aliphatic hydroxyl groups excluding tert-OH is 1. The van der Waals surface area contributed by atoms with Gasteiger partial charge in [-0.1, -0.05) is 30.3 Å². The maximum atomic E-state index is 10.3. The van der Waals surface area contributed by atoms with E-state index in [2.05, 4.69) is 24.1 Å². The first-order valence-corrected chi connectivity index (χ1v) is 6.54. The molecule has 0 spiro atoms. The molecule has 0 radical (unpaired) electrons. The zero-order valence-corrected chi connectivity index (χ0v) is 11.6. The van der Waals surface area contributed by atoms with Crippen molar-refractivity contribution in [2.24, 2.45) is 0 Å². The first-order chi connectivity index (χ1) is 9.08. The summed E-state index contributed by atoms with van der Waals surface area (Å²) in [6.07, 6.45) is 1.11. The van der Waals surface area contributed by atoms with Crippen LogP contribution < -0.4 is 5.32 Å². The minimum Gasteiger partial charge on any atom is -0.384 e. The summed E-state index contributed by atoms with van der Waals surface area (Å²) in [5.74, 6) is 0.874. The summed E-state index contributed by atoms with van der Waals surface area (Å²) in [4.78, 5) is 4.39. The van der Waals surface area contributed by atoms with E-state index in [0.717, 1.165) is 22.5 Å². The highest BCUT2D eigenvalue weighted by Gasteiger charge is 2.12. The third-order valence-electron chi connectivity index (χ3n) is 2.96. The van der Waals surface area contributed by atoms with E-state index in [-0.39, 0.29) is 0 Å². The third kappa shape index (κ3) is 3.32. The van der Waals surface area contributed by atoms with Crippen molar-refractivity contribution in [3.63, 3.8) is 0 Å². The summed E-state index contributed by atoms with van der Waals surface area (Å²) in [6.45, 7) is 6.15. The Kier molecular flexibility index (Phi) is 4.17. The van der Waals surface area contributed by atoms with Crippen LogP contribution in [0.5, 0.6) is 0 Å². The molecule has 0 unspecified atom stereocenters. The number of pyridine rings is 1. The molecule has 1 atom stereocenters. The predicted molar refractivity (Wildman–Crippen MR) is 78.2 cm³/mol. The first-order valence-electron chi connectivity index (χ1n) is 6.54. The van der Waals surface area contributed by atoms with Crippen molar-refractivity contribution in [3.8, 4) is 0 Å². The Bertz CT molecular complexity index is 538. The Balaban J connectivity index is 2.25. The molecule has 1 heterocycles. The van der Waals surface area contributed by atoms with E-state index >= 15 is 0 Å². The van der Waals surface area contributed by atoms with E-state index in [1.807, 2.05) is 43.3 Å². The molecule has 0 saturated carbocycles. The van der Waals surface area contributed by atoms with Gasteiger partial charge >= 0.3 is 0 Å². The number of anilines is 1. The third-order valence-corrected chi connectivity index (χ3v) is 2.96. The van der Waals surface area contributed by atoms with Gasteiger partial charge in [0.05, 0.1) is 0 Å². The first kappa shape index (κ1) is 13.6. The SMILES string of the molecule is Cc1cc([C@@H](O)c2ccccc2)cnc1NC(C)C. The number of aryl methyl sites for hydroxylation is 1. The summed E-state index contributed by atoms with van der Waals surface area (Å²) >= 11 is 0. The Morgan fingerprint density at radius 2 is 1.79 bits per heavy atom. The maximum Gasteiger partial charge on any atom is 0.129 e. The summed E-state index contributed by atoms with van der Waals surface area (Å²) in [5, 5.41) is 13.6. The molecule has 0 amide bonds. The van der Waals surface area contributed by atoms with Crippen molar-refractivity contribution in [1.82, 2.24) is 4.98 Å². The predicted octanol–water partition coefficient (Wildman–Crippen LogP) is 3.29. The summed E-state index contributed by atoms with van der Waals surface area (Å²) in [6, 6.07) is 11.9. The van der Waals surface area contributed by atoms with Gasteiger partial charge in [0, 0.05) is 17.8 Å². The lowest BCUT2D eigenvalue weighted by atomic mass is 10.0. The molecule has 0 fully saturated rings. The Hall–Kier alpha value is -1.87. The van der Waals surface area contributed by atoms with E-state index in [1.54, 1.807) is 6.20 Å². The fourth-order valence-electron chi connectivity index (χ4n) is 2.00. The van der Waals surface area contributed by atoms with Gasteiger partial charge in [0.15, 0.2) is 0 Å². The molecule has 0 aliphatic carbocycles. The molecule has 0 aliphatic rings. The second-order valence-corrected chi connectivity index (χ2v) is 5.05. The second kappa shape index (κ2) is 5.85. The normalized spacial score (nSPS) is 12.5. The zero-order chi connectivity index (χ0) is 13.8. The highest BCUT2D eigenvalue weighted by molar-refractivity contribution is 5.46.